The Morgan fingerprint density at radius 2 is 0.843 bits per heavy atom. The highest BCUT2D eigenvalue weighted by Crippen LogP contribution is 2.41. The molecule has 0 saturated carbocycles. The van der Waals surface area contributed by atoms with Crippen molar-refractivity contribution in [2.75, 3.05) is 0 Å². The lowest BCUT2D eigenvalue weighted by Gasteiger charge is -2.12. The lowest BCUT2D eigenvalue weighted by Crippen LogP contribution is -1.92. The van der Waals surface area contributed by atoms with E-state index in [4.69, 9.17) is 9.97 Å². The summed E-state index contributed by atoms with van der Waals surface area (Å²) in [7, 11) is 0. The fraction of sp³-hybridized carbons (Fsp3) is 0. The molecular weight excluding hydrogens is 637 g/mol. The van der Waals surface area contributed by atoms with Gasteiger partial charge in [-0.05, 0) is 73.8 Å². The second kappa shape index (κ2) is 11.0. The van der Waals surface area contributed by atoms with Crippen LogP contribution >= 0.6 is 11.3 Å². The van der Waals surface area contributed by atoms with E-state index >= 15 is 0 Å². The van der Waals surface area contributed by atoms with Gasteiger partial charge < -0.3 is 0 Å². The van der Waals surface area contributed by atoms with Gasteiger partial charge in [0.05, 0.1) is 22.4 Å². The first-order chi connectivity index (χ1) is 25.3. The Morgan fingerprint density at radius 3 is 1.53 bits per heavy atom. The summed E-state index contributed by atoms with van der Waals surface area (Å²) in [6.07, 6.45) is 0. The zero-order valence-corrected chi connectivity index (χ0v) is 28.3. The average molecular weight is 665 g/mol. The maximum absolute atomic E-state index is 5.32. The molecule has 11 rings (SSSR count). The number of fused-ring (bicyclic) bond motifs is 12. The molecule has 3 heterocycles. The molecule has 0 atom stereocenters. The fourth-order valence-electron chi connectivity index (χ4n) is 7.98. The van der Waals surface area contributed by atoms with E-state index in [0.29, 0.717) is 0 Å². The molecule has 0 fully saturated rings. The van der Waals surface area contributed by atoms with Crippen LogP contribution in [0, 0.1) is 0 Å². The number of hydrogen-bond acceptors (Lipinski definition) is 3. The van der Waals surface area contributed by atoms with Crippen molar-refractivity contribution in [1.82, 2.24) is 9.97 Å². The Balaban J connectivity index is 1.05. The molecule has 0 unspecified atom stereocenters. The zero-order chi connectivity index (χ0) is 33.5. The van der Waals surface area contributed by atoms with Crippen molar-refractivity contribution >= 4 is 85.6 Å². The first-order valence-electron chi connectivity index (χ1n) is 17.3. The van der Waals surface area contributed by atoms with Crippen LogP contribution in [0.1, 0.15) is 0 Å². The minimum Gasteiger partial charge on any atom is -0.245 e. The molecule has 11 aromatic rings. The highest BCUT2D eigenvalue weighted by molar-refractivity contribution is 7.26. The van der Waals surface area contributed by atoms with Crippen molar-refractivity contribution in [3.8, 4) is 33.6 Å². The number of pyridine rings is 2. The van der Waals surface area contributed by atoms with Crippen molar-refractivity contribution in [2.24, 2.45) is 0 Å². The molecule has 0 aliphatic heterocycles. The van der Waals surface area contributed by atoms with E-state index in [1.807, 2.05) is 11.3 Å². The minimum atomic E-state index is 0.918. The molecule has 0 aliphatic carbocycles. The lowest BCUT2D eigenvalue weighted by atomic mass is 9.93. The summed E-state index contributed by atoms with van der Waals surface area (Å²) in [6, 6.07) is 61.3. The Labute approximate surface area is 297 Å². The molecule has 51 heavy (non-hydrogen) atoms. The van der Waals surface area contributed by atoms with Crippen molar-refractivity contribution in [3.63, 3.8) is 0 Å². The zero-order valence-electron chi connectivity index (χ0n) is 27.5. The minimum absolute atomic E-state index is 0.918. The third-order valence-electron chi connectivity index (χ3n) is 10.4. The van der Waals surface area contributed by atoms with E-state index in [9.17, 15) is 0 Å². The molecule has 8 aromatic carbocycles. The van der Waals surface area contributed by atoms with Crippen LogP contribution < -0.4 is 0 Å². The topological polar surface area (TPSA) is 25.8 Å². The Hall–Kier alpha value is -6.42. The van der Waals surface area contributed by atoms with Crippen LogP contribution in [0.4, 0.5) is 0 Å². The van der Waals surface area contributed by atoms with Gasteiger partial charge >= 0.3 is 0 Å². The molecular formula is C48H28N2S. The molecule has 0 aliphatic rings. The van der Waals surface area contributed by atoms with E-state index in [1.165, 1.54) is 63.6 Å². The van der Waals surface area contributed by atoms with Crippen LogP contribution in [0.3, 0.4) is 0 Å². The normalized spacial score (nSPS) is 11.9. The van der Waals surface area contributed by atoms with Gasteiger partial charge in [-0.1, -0.05) is 140 Å². The van der Waals surface area contributed by atoms with Crippen molar-refractivity contribution in [3.05, 3.63) is 170 Å². The molecule has 3 aromatic heterocycles. The van der Waals surface area contributed by atoms with E-state index in [1.54, 1.807) is 0 Å². The number of rotatable bonds is 3. The second-order valence-electron chi connectivity index (χ2n) is 13.3. The van der Waals surface area contributed by atoms with Gasteiger partial charge in [0.1, 0.15) is 0 Å². The molecule has 0 saturated heterocycles. The molecule has 0 N–H and O–H groups in total. The standard InChI is InChI=1S/C48H28N2S/c1-2-13-37-35(11-1)36-12-3-4-14-38(36)42-28-33(21-24-39(37)42)44-26-23-30-20-19-29-22-25-43(49-46(29)47(30)50-44)32-10-7-9-31(27-32)34-16-8-17-41-40-15-5-6-18-45(40)51-48(34)41/h1-28H. The summed E-state index contributed by atoms with van der Waals surface area (Å²) in [5, 5.41) is 12.4. The lowest BCUT2D eigenvalue weighted by molar-refractivity contribution is 1.37. The van der Waals surface area contributed by atoms with Gasteiger partial charge in [0.2, 0.25) is 0 Å². The number of benzene rings is 8. The summed E-state index contributed by atoms with van der Waals surface area (Å²) in [5.41, 5.74) is 8.36. The van der Waals surface area contributed by atoms with Gasteiger partial charge in [-0.15, -0.1) is 11.3 Å². The summed E-state index contributed by atoms with van der Waals surface area (Å²) < 4.78 is 2.64. The van der Waals surface area contributed by atoms with Gasteiger partial charge in [0.25, 0.3) is 0 Å². The summed E-state index contributed by atoms with van der Waals surface area (Å²) in [6.45, 7) is 0. The molecule has 0 radical (unpaired) electrons. The largest absolute Gasteiger partial charge is 0.245 e. The van der Waals surface area contributed by atoms with E-state index in [2.05, 4.69) is 170 Å². The third kappa shape index (κ3) is 4.42. The summed E-state index contributed by atoms with van der Waals surface area (Å²) >= 11 is 1.86. The van der Waals surface area contributed by atoms with Crippen molar-refractivity contribution in [2.45, 2.75) is 0 Å². The fourth-order valence-corrected chi connectivity index (χ4v) is 9.22. The summed E-state index contributed by atoms with van der Waals surface area (Å²) in [4.78, 5) is 10.6. The van der Waals surface area contributed by atoms with Crippen LogP contribution in [0.2, 0.25) is 0 Å². The molecule has 236 valence electrons. The van der Waals surface area contributed by atoms with Gasteiger partial charge in [-0.25, -0.2) is 9.97 Å². The van der Waals surface area contributed by atoms with Crippen LogP contribution in [0.25, 0.3) is 108 Å². The number of aromatic nitrogens is 2. The Morgan fingerprint density at radius 1 is 0.333 bits per heavy atom. The van der Waals surface area contributed by atoms with Crippen LogP contribution in [-0.4, -0.2) is 9.97 Å². The molecule has 0 amide bonds. The molecule has 0 spiro atoms. The highest BCUT2D eigenvalue weighted by atomic mass is 32.1. The molecule has 3 heteroatoms. The van der Waals surface area contributed by atoms with Crippen LogP contribution in [0.5, 0.6) is 0 Å². The SMILES string of the molecule is c1cc(-c2ccc3ccc4ccc(-c5ccc6c7ccccc7c7ccccc7c6c5)nc4c3n2)cc(-c2cccc3c2sc2ccccc23)c1. The van der Waals surface area contributed by atoms with Crippen molar-refractivity contribution in [1.29, 1.82) is 0 Å². The predicted octanol–water partition coefficient (Wildman–Crippen LogP) is 13.6. The van der Waals surface area contributed by atoms with Gasteiger partial charge in [0.15, 0.2) is 0 Å². The van der Waals surface area contributed by atoms with Gasteiger partial charge in [0, 0.05) is 42.1 Å². The Bertz CT molecular complexity index is 3170. The van der Waals surface area contributed by atoms with Gasteiger partial charge in [-0.3, -0.25) is 0 Å². The number of nitrogens with zero attached hydrogens (tertiary/aromatic N) is 2. The summed E-state index contributed by atoms with van der Waals surface area (Å²) in [5.74, 6) is 0. The smallest absolute Gasteiger partial charge is 0.0972 e. The first-order valence-corrected chi connectivity index (χ1v) is 18.1. The van der Waals surface area contributed by atoms with E-state index in [0.717, 1.165) is 44.3 Å². The molecule has 2 nitrogen and oxygen atoms in total. The maximum Gasteiger partial charge on any atom is 0.0972 e. The monoisotopic (exact) mass is 664 g/mol. The quantitative estimate of drug-likeness (QED) is 0.176. The maximum atomic E-state index is 5.32. The van der Waals surface area contributed by atoms with Crippen molar-refractivity contribution < 1.29 is 0 Å². The van der Waals surface area contributed by atoms with Crippen LogP contribution in [0.15, 0.2) is 170 Å². The third-order valence-corrected chi connectivity index (χ3v) is 11.7. The number of hydrogen-bond donors (Lipinski definition) is 0. The molecule has 0 bridgehead atoms. The van der Waals surface area contributed by atoms with E-state index in [-0.39, 0.29) is 0 Å². The van der Waals surface area contributed by atoms with Gasteiger partial charge in [-0.2, -0.15) is 0 Å². The Kier molecular flexibility index (Phi) is 6.16. The first kappa shape index (κ1) is 28.4. The number of thiophene rings is 1. The second-order valence-corrected chi connectivity index (χ2v) is 14.4. The van der Waals surface area contributed by atoms with Crippen LogP contribution in [-0.2, 0) is 0 Å². The van der Waals surface area contributed by atoms with E-state index < -0.39 is 0 Å². The highest BCUT2D eigenvalue weighted by Gasteiger charge is 2.14. The predicted molar refractivity (Wildman–Crippen MR) is 219 cm³/mol. The average Bonchev–Trinajstić information content (AvgIpc) is 3.59.